The van der Waals surface area contributed by atoms with E-state index in [0.29, 0.717) is 30.0 Å². The predicted octanol–water partition coefficient (Wildman–Crippen LogP) is 3.00. The Morgan fingerprint density at radius 1 is 1.04 bits per heavy atom. The number of hydrogen-bond acceptors (Lipinski definition) is 4. The molecule has 0 bridgehead atoms. The first kappa shape index (κ1) is 17.2. The first-order valence-electron chi connectivity index (χ1n) is 7.40. The minimum absolute atomic E-state index is 0.169. The number of ether oxygens (including phenoxy) is 1. The van der Waals surface area contributed by atoms with Crippen molar-refractivity contribution in [2.45, 2.75) is 12.8 Å². The summed E-state index contributed by atoms with van der Waals surface area (Å²) >= 11 is 0. The minimum atomic E-state index is -1.01. The number of hydrogen-bond donors (Lipinski definition) is 2. The molecule has 2 aromatic carbocycles. The van der Waals surface area contributed by atoms with E-state index in [9.17, 15) is 14.4 Å². The standard InChI is InChI=1S/C18H17NO5/c20-12-13-3-9-16(10-4-13)24-11-1-2-17(21)19-15-7-5-14(6-8-15)18(22)23/h3-10,12H,1-2,11H2,(H,19,21)(H,22,23). The van der Waals surface area contributed by atoms with E-state index in [-0.39, 0.29) is 17.9 Å². The van der Waals surface area contributed by atoms with Gasteiger partial charge in [-0.2, -0.15) is 0 Å². The summed E-state index contributed by atoms with van der Waals surface area (Å²) in [5, 5.41) is 11.5. The summed E-state index contributed by atoms with van der Waals surface area (Å²) < 4.78 is 5.49. The van der Waals surface area contributed by atoms with Crippen molar-refractivity contribution < 1.29 is 24.2 Å². The summed E-state index contributed by atoms with van der Waals surface area (Å²) in [6.07, 6.45) is 1.58. The van der Waals surface area contributed by atoms with E-state index in [4.69, 9.17) is 9.84 Å². The van der Waals surface area contributed by atoms with E-state index in [1.54, 1.807) is 36.4 Å². The summed E-state index contributed by atoms with van der Waals surface area (Å²) in [4.78, 5) is 33.1. The van der Waals surface area contributed by atoms with Crippen molar-refractivity contribution in [3.05, 3.63) is 59.7 Å². The summed E-state index contributed by atoms with van der Waals surface area (Å²) in [6.45, 7) is 0.381. The average molecular weight is 327 g/mol. The molecule has 0 aliphatic carbocycles. The van der Waals surface area contributed by atoms with Crippen molar-refractivity contribution in [2.75, 3.05) is 11.9 Å². The molecule has 0 heterocycles. The van der Waals surface area contributed by atoms with Crippen LogP contribution in [0.5, 0.6) is 5.75 Å². The zero-order valence-electron chi connectivity index (χ0n) is 12.9. The molecule has 0 aliphatic heterocycles. The molecule has 0 radical (unpaired) electrons. The monoisotopic (exact) mass is 327 g/mol. The molecule has 0 spiro atoms. The number of rotatable bonds is 8. The van der Waals surface area contributed by atoms with Crippen molar-refractivity contribution in [1.29, 1.82) is 0 Å². The van der Waals surface area contributed by atoms with Crippen LogP contribution >= 0.6 is 0 Å². The summed E-state index contributed by atoms with van der Waals surface area (Å²) in [6, 6.07) is 12.7. The molecule has 0 aromatic heterocycles. The number of carbonyl (C=O) groups excluding carboxylic acids is 2. The maximum atomic E-state index is 11.8. The fourth-order valence-corrected chi connectivity index (χ4v) is 1.98. The van der Waals surface area contributed by atoms with E-state index in [1.807, 2.05) is 0 Å². The van der Waals surface area contributed by atoms with E-state index in [0.717, 1.165) is 6.29 Å². The lowest BCUT2D eigenvalue weighted by molar-refractivity contribution is -0.116. The van der Waals surface area contributed by atoms with Gasteiger partial charge >= 0.3 is 5.97 Å². The number of nitrogens with one attached hydrogen (secondary N) is 1. The lowest BCUT2D eigenvalue weighted by Gasteiger charge is -2.07. The van der Waals surface area contributed by atoms with Gasteiger partial charge in [0.1, 0.15) is 12.0 Å². The van der Waals surface area contributed by atoms with E-state index in [2.05, 4.69) is 5.32 Å². The van der Waals surface area contributed by atoms with Crippen LogP contribution in [-0.4, -0.2) is 29.9 Å². The van der Waals surface area contributed by atoms with Crippen LogP contribution in [-0.2, 0) is 4.79 Å². The van der Waals surface area contributed by atoms with E-state index < -0.39 is 5.97 Å². The van der Waals surface area contributed by atoms with Gasteiger partial charge in [0.25, 0.3) is 0 Å². The molecule has 0 unspecified atom stereocenters. The van der Waals surface area contributed by atoms with E-state index in [1.165, 1.54) is 12.1 Å². The van der Waals surface area contributed by atoms with E-state index >= 15 is 0 Å². The van der Waals surface area contributed by atoms with Crippen molar-refractivity contribution in [3.8, 4) is 5.75 Å². The van der Waals surface area contributed by atoms with Crippen LogP contribution in [0.1, 0.15) is 33.6 Å². The van der Waals surface area contributed by atoms with Crippen molar-refractivity contribution in [1.82, 2.24) is 0 Å². The summed E-state index contributed by atoms with van der Waals surface area (Å²) in [5.74, 6) is -0.533. The number of carboxylic acids is 1. The SMILES string of the molecule is O=Cc1ccc(OCCCC(=O)Nc2ccc(C(=O)O)cc2)cc1. The highest BCUT2D eigenvalue weighted by Gasteiger charge is 2.05. The van der Waals surface area contributed by atoms with Gasteiger partial charge in [-0.3, -0.25) is 9.59 Å². The van der Waals surface area contributed by atoms with Gasteiger partial charge in [0.05, 0.1) is 12.2 Å². The number of anilines is 1. The van der Waals surface area contributed by atoms with Gasteiger partial charge in [0.2, 0.25) is 5.91 Å². The average Bonchev–Trinajstić information content (AvgIpc) is 2.59. The fourth-order valence-electron chi connectivity index (χ4n) is 1.98. The molecule has 0 saturated carbocycles. The molecule has 24 heavy (non-hydrogen) atoms. The van der Waals surface area contributed by atoms with Gasteiger partial charge in [-0.1, -0.05) is 0 Å². The first-order valence-corrected chi connectivity index (χ1v) is 7.40. The maximum Gasteiger partial charge on any atom is 0.335 e. The third kappa shape index (κ3) is 5.24. The topological polar surface area (TPSA) is 92.7 Å². The molecule has 2 rings (SSSR count). The third-order valence-electron chi connectivity index (χ3n) is 3.25. The summed E-state index contributed by atoms with van der Waals surface area (Å²) in [7, 11) is 0. The molecule has 0 aliphatic rings. The van der Waals surface area contributed by atoms with Crippen LogP contribution in [0.3, 0.4) is 0 Å². The number of benzene rings is 2. The normalized spacial score (nSPS) is 10.0. The van der Waals surface area contributed by atoms with Crippen LogP contribution in [0, 0.1) is 0 Å². The highest BCUT2D eigenvalue weighted by molar-refractivity contribution is 5.92. The molecular weight excluding hydrogens is 310 g/mol. The van der Waals surface area contributed by atoms with Gasteiger partial charge in [0.15, 0.2) is 0 Å². The lowest BCUT2D eigenvalue weighted by Crippen LogP contribution is -2.13. The first-order chi connectivity index (χ1) is 11.6. The Kier molecular flexibility index (Phi) is 6.08. The number of carboxylic acid groups (broad SMARTS) is 1. The van der Waals surface area contributed by atoms with Crippen LogP contribution in [0.25, 0.3) is 0 Å². The largest absolute Gasteiger partial charge is 0.494 e. The molecular formula is C18H17NO5. The van der Waals surface area contributed by atoms with Gasteiger partial charge in [-0.25, -0.2) is 4.79 Å². The van der Waals surface area contributed by atoms with Gasteiger partial charge < -0.3 is 15.2 Å². The molecule has 6 nitrogen and oxygen atoms in total. The zero-order valence-corrected chi connectivity index (χ0v) is 12.9. The van der Waals surface area contributed by atoms with Crippen LogP contribution in [0.15, 0.2) is 48.5 Å². The fraction of sp³-hybridized carbons (Fsp3) is 0.167. The van der Waals surface area contributed by atoms with Crippen molar-refractivity contribution in [2.24, 2.45) is 0 Å². The van der Waals surface area contributed by atoms with Gasteiger partial charge in [0, 0.05) is 17.7 Å². The Balaban J connectivity index is 1.70. The van der Waals surface area contributed by atoms with Crippen molar-refractivity contribution >= 4 is 23.9 Å². The summed E-state index contributed by atoms with van der Waals surface area (Å²) in [5.41, 5.74) is 1.30. The van der Waals surface area contributed by atoms with Gasteiger partial charge in [-0.15, -0.1) is 0 Å². The van der Waals surface area contributed by atoms with Crippen LogP contribution < -0.4 is 10.1 Å². The highest BCUT2D eigenvalue weighted by Crippen LogP contribution is 2.12. The number of aldehydes is 1. The second kappa shape index (κ2) is 8.47. The smallest absolute Gasteiger partial charge is 0.335 e. The maximum absolute atomic E-state index is 11.8. The Morgan fingerprint density at radius 3 is 2.29 bits per heavy atom. The minimum Gasteiger partial charge on any atom is -0.494 e. The molecule has 0 fully saturated rings. The Labute approximate surface area is 139 Å². The molecule has 2 N–H and O–H groups in total. The lowest BCUT2D eigenvalue weighted by atomic mass is 10.2. The predicted molar refractivity (Wildman–Crippen MR) is 88.6 cm³/mol. The Bertz CT molecular complexity index is 707. The second-order valence-corrected chi connectivity index (χ2v) is 5.07. The molecule has 124 valence electrons. The highest BCUT2D eigenvalue weighted by atomic mass is 16.5. The number of amides is 1. The molecule has 2 aromatic rings. The quantitative estimate of drug-likeness (QED) is 0.574. The van der Waals surface area contributed by atoms with Crippen LogP contribution in [0.4, 0.5) is 5.69 Å². The van der Waals surface area contributed by atoms with Crippen LogP contribution in [0.2, 0.25) is 0 Å². The number of carbonyl (C=O) groups is 3. The zero-order chi connectivity index (χ0) is 17.4. The van der Waals surface area contributed by atoms with Gasteiger partial charge in [-0.05, 0) is 55.0 Å². The number of aromatic carboxylic acids is 1. The molecule has 1 amide bonds. The van der Waals surface area contributed by atoms with Crippen molar-refractivity contribution in [3.63, 3.8) is 0 Å². The molecule has 6 heteroatoms. The Morgan fingerprint density at radius 2 is 1.71 bits per heavy atom. The third-order valence-corrected chi connectivity index (χ3v) is 3.25. The molecule has 0 saturated heterocycles. The Hall–Kier alpha value is -3.15. The second-order valence-electron chi connectivity index (χ2n) is 5.07. The molecule has 0 atom stereocenters.